The van der Waals surface area contributed by atoms with E-state index in [1.54, 1.807) is 37.0 Å². The van der Waals surface area contributed by atoms with Gasteiger partial charge in [0.05, 0.1) is 32.8 Å². The quantitative estimate of drug-likeness (QED) is 0.651. The van der Waals surface area contributed by atoms with Crippen LogP contribution in [0.4, 0.5) is 4.79 Å². The molecule has 0 radical (unpaired) electrons. The molecule has 0 spiro atoms. The van der Waals surface area contributed by atoms with Crippen molar-refractivity contribution in [3.8, 4) is 11.5 Å². The zero-order valence-corrected chi connectivity index (χ0v) is 20.9. The van der Waals surface area contributed by atoms with E-state index < -0.39 is 12.0 Å². The van der Waals surface area contributed by atoms with Gasteiger partial charge in [0.1, 0.15) is 0 Å². The predicted octanol–water partition coefficient (Wildman–Crippen LogP) is 2.84. The number of hydrogen-bond acceptors (Lipinski definition) is 6. The van der Waals surface area contributed by atoms with Crippen LogP contribution in [0.5, 0.6) is 11.5 Å². The number of ether oxygens (including phenoxy) is 3. The van der Waals surface area contributed by atoms with E-state index in [0.717, 1.165) is 16.7 Å². The summed E-state index contributed by atoms with van der Waals surface area (Å²) in [6, 6.07) is 10.8. The molecule has 9 heteroatoms. The fraction of sp³-hybridized carbons (Fsp3) is 0.444. The number of carbonyl (C=O) groups excluding carboxylic acids is 3. The van der Waals surface area contributed by atoms with Crippen LogP contribution in [0.1, 0.15) is 45.9 Å². The van der Waals surface area contributed by atoms with E-state index in [0.29, 0.717) is 62.8 Å². The van der Waals surface area contributed by atoms with Crippen LogP contribution in [0.3, 0.4) is 0 Å². The van der Waals surface area contributed by atoms with Gasteiger partial charge in [0.2, 0.25) is 5.91 Å². The van der Waals surface area contributed by atoms with Crippen molar-refractivity contribution in [1.29, 1.82) is 0 Å². The van der Waals surface area contributed by atoms with E-state index in [-0.39, 0.29) is 17.9 Å². The molecule has 190 valence electrons. The number of piperazine rings is 1. The first-order chi connectivity index (χ1) is 17.5. The third-order valence-corrected chi connectivity index (χ3v) is 7.41. The summed E-state index contributed by atoms with van der Waals surface area (Å²) in [5, 5.41) is 0. The number of benzene rings is 2. The summed E-state index contributed by atoms with van der Waals surface area (Å²) in [5.74, 6) is 0.525. The van der Waals surface area contributed by atoms with Gasteiger partial charge >= 0.3 is 6.09 Å². The zero-order chi connectivity index (χ0) is 25.4. The van der Waals surface area contributed by atoms with Gasteiger partial charge in [-0.3, -0.25) is 9.59 Å². The standard InChI is InChI=1S/C27H31N3O6/c1-4-36-27(33)29-13-11-28(12-14-29)26(32)23-18-7-5-6-8-19(18)25(31)30-10-9-17-15-21(34-2)22(35-3)16-20(17)24(23)30/h5-8,15-16,23-24H,4,9-14H2,1-3H3/t23-,24+/m0/s1. The Labute approximate surface area is 210 Å². The lowest BCUT2D eigenvalue weighted by atomic mass is 9.75. The van der Waals surface area contributed by atoms with Crippen molar-refractivity contribution in [1.82, 2.24) is 14.7 Å². The van der Waals surface area contributed by atoms with E-state index in [4.69, 9.17) is 14.2 Å². The molecule has 1 fully saturated rings. The van der Waals surface area contributed by atoms with Gasteiger partial charge in [-0.1, -0.05) is 18.2 Å². The van der Waals surface area contributed by atoms with Gasteiger partial charge in [-0.25, -0.2) is 4.79 Å². The summed E-state index contributed by atoms with van der Waals surface area (Å²) < 4.78 is 16.2. The van der Waals surface area contributed by atoms with Gasteiger partial charge in [-0.2, -0.15) is 0 Å². The fourth-order valence-electron chi connectivity index (χ4n) is 5.64. The summed E-state index contributed by atoms with van der Waals surface area (Å²) >= 11 is 0. The molecule has 36 heavy (non-hydrogen) atoms. The molecule has 0 aromatic heterocycles. The van der Waals surface area contributed by atoms with Gasteiger partial charge in [0.25, 0.3) is 5.91 Å². The molecule has 2 aromatic rings. The highest BCUT2D eigenvalue weighted by Crippen LogP contribution is 2.48. The lowest BCUT2D eigenvalue weighted by Crippen LogP contribution is -2.55. The van der Waals surface area contributed by atoms with Crippen molar-refractivity contribution in [3.05, 3.63) is 58.7 Å². The molecule has 0 saturated carbocycles. The molecular weight excluding hydrogens is 462 g/mol. The number of nitrogens with zero attached hydrogens (tertiary/aromatic N) is 3. The Bertz CT molecular complexity index is 1190. The Hall–Kier alpha value is -3.75. The van der Waals surface area contributed by atoms with Gasteiger partial charge in [-0.15, -0.1) is 0 Å². The maximum absolute atomic E-state index is 14.2. The van der Waals surface area contributed by atoms with Crippen molar-refractivity contribution in [2.75, 3.05) is 53.6 Å². The van der Waals surface area contributed by atoms with Gasteiger partial charge in [0, 0.05) is 38.3 Å². The fourth-order valence-corrected chi connectivity index (χ4v) is 5.64. The van der Waals surface area contributed by atoms with Crippen LogP contribution >= 0.6 is 0 Å². The minimum atomic E-state index is -0.565. The highest BCUT2D eigenvalue weighted by Gasteiger charge is 2.48. The molecule has 2 aromatic carbocycles. The van der Waals surface area contributed by atoms with Crippen molar-refractivity contribution in [3.63, 3.8) is 0 Å². The molecule has 0 bridgehead atoms. The van der Waals surface area contributed by atoms with Crippen molar-refractivity contribution in [2.24, 2.45) is 0 Å². The lowest BCUT2D eigenvalue weighted by molar-refractivity contribution is -0.136. The molecule has 0 aliphatic carbocycles. The van der Waals surface area contributed by atoms with Gasteiger partial charge < -0.3 is 28.9 Å². The van der Waals surface area contributed by atoms with Crippen LogP contribution in [0.15, 0.2) is 36.4 Å². The highest BCUT2D eigenvalue weighted by atomic mass is 16.6. The highest BCUT2D eigenvalue weighted by molar-refractivity contribution is 6.01. The van der Waals surface area contributed by atoms with E-state index in [2.05, 4.69) is 0 Å². The molecule has 3 heterocycles. The first-order valence-electron chi connectivity index (χ1n) is 12.3. The molecule has 1 saturated heterocycles. The van der Waals surface area contributed by atoms with Crippen LogP contribution in [-0.2, 0) is 16.0 Å². The second-order valence-corrected chi connectivity index (χ2v) is 9.18. The summed E-state index contributed by atoms with van der Waals surface area (Å²) in [5.41, 5.74) is 3.27. The van der Waals surface area contributed by atoms with Crippen LogP contribution in [-0.4, -0.2) is 86.2 Å². The summed E-state index contributed by atoms with van der Waals surface area (Å²) in [4.78, 5) is 45.1. The molecule has 3 aliphatic rings. The Morgan fingerprint density at radius 3 is 2.28 bits per heavy atom. The van der Waals surface area contributed by atoms with Crippen LogP contribution in [0.2, 0.25) is 0 Å². The second-order valence-electron chi connectivity index (χ2n) is 9.18. The molecular formula is C27H31N3O6. The number of rotatable bonds is 4. The Kier molecular flexibility index (Phi) is 6.47. The third-order valence-electron chi connectivity index (χ3n) is 7.41. The maximum Gasteiger partial charge on any atom is 0.409 e. The van der Waals surface area contributed by atoms with E-state index in [9.17, 15) is 14.4 Å². The van der Waals surface area contributed by atoms with Crippen molar-refractivity contribution >= 4 is 17.9 Å². The molecule has 3 aliphatic heterocycles. The number of fused-ring (bicyclic) bond motifs is 4. The van der Waals surface area contributed by atoms with E-state index in [1.165, 1.54) is 0 Å². The van der Waals surface area contributed by atoms with Crippen molar-refractivity contribution in [2.45, 2.75) is 25.3 Å². The number of amides is 3. The Balaban J connectivity index is 1.53. The van der Waals surface area contributed by atoms with Crippen LogP contribution in [0.25, 0.3) is 0 Å². The average molecular weight is 494 g/mol. The zero-order valence-electron chi connectivity index (χ0n) is 20.9. The number of carbonyl (C=O) groups is 3. The first kappa shape index (κ1) is 24.0. The van der Waals surface area contributed by atoms with Gasteiger partial charge in [-0.05, 0) is 48.2 Å². The third kappa shape index (κ3) is 3.92. The molecule has 0 N–H and O–H groups in total. The molecule has 0 unspecified atom stereocenters. The Morgan fingerprint density at radius 1 is 0.917 bits per heavy atom. The molecule has 2 atom stereocenters. The molecule has 9 nitrogen and oxygen atoms in total. The van der Waals surface area contributed by atoms with Crippen molar-refractivity contribution < 1.29 is 28.6 Å². The molecule has 5 rings (SSSR count). The number of hydrogen-bond donors (Lipinski definition) is 0. The Morgan fingerprint density at radius 2 is 1.58 bits per heavy atom. The smallest absolute Gasteiger partial charge is 0.409 e. The average Bonchev–Trinajstić information content (AvgIpc) is 2.92. The van der Waals surface area contributed by atoms with E-state index in [1.807, 2.05) is 35.2 Å². The normalized spacial score (nSPS) is 20.8. The second kappa shape index (κ2) is 9.72. The topological polar surface area (TPSA) is 88.6 Å². The van der Waals surface area contributed by atoms with Gasteiger partial charge in [0.15, 0.2) is 11.5 Å². The largest absolute Gasteiger partial charge is 0.493 e. The summed E-state index contributed by atoms with van der Waals surface area (Å²) in [7, 11) is 3.18. The maximum atomic E-state index is 14.2. The van der Waals surface area contributed by atoms with Crippen LogP contribution < -0.4 is 9.47 Å². The SMILES string of the molecule is CCOC(=O)N1CCN(C(=O)[C@H]2c3ccccc3C(=O)N3CCc4cc(OC)c(OC)cc4[C@H]23)CC1. The summed E-state index contributed by atoms with van der Waals surface area (Å²) in [6.45, 7) is 4.25. The minimum absolute atomic E-state index is 0.0453. The van der Waals surface area contributed by atoms with E-state index >= 15 is 0 Å². The first-order valence-corrected chi connectivity index (χ1v) is 12.3. The summed E-state index contributed by atoms with van der Waals surface area (Å²) in [6.07, 6.45) is 0.311. The number of methoxy groups -OCH3 is 2. The predicted molar refractivity (Wildman–Crippen MR) is 131 cm³/mol. The monoisotopic (exact) mass is 493 g/mol. The van der Waals surface area contributed by atoms with Crippen LogP contribution in [0, 0.1) is 0 Å². The lowest BCUT2D eigenvalue weighted by Gasteiger charge is -2.47. The minimum Gasteiger partial charge on any atom is -0.493 e. The molecule has 3 amide bonds.